The third kappa shape index (κ3) is 8.05. The molecule has 0 radical (unpaired) electrons. The van der Waals surface area contributed by atoms with Crippen LogP contribution in [0.5, 0.6) is 0 Å². The number of hydrogen-bond donors (Lipinski definition) is 0. The second-order valence-corrected chi connectivity index (χ2v) is 24.4. The smallest absolute Gasteiger partial charge is 0.0561 e. The van der Waals surface area contributed by atoms with Crippen LogP contribution >= 0.6 is 0 Å². The van der Waals surface area contributed by atoms with Gasteiger partial charge in [0.15, 0.2) is 0 Å². The minimum absolute atomic E-state index is 1.05. The van der Waals surface area contributed by atoms with E-state index in [0.717, 1.165) is 48.4 Å². The minimum Gasteiger partial charge on any atom is -0.310 e. The van der Waals surface area contributed by atoms with Gasteiger partial charge in [0, 0.05) is 66.4 Å². The Morgan fingerprint density at radius 1 is 0.250 bits per heavy atom. The highest BCUT2D eigenvalue weighted by Crippen LogP contribution is 2.51. The first-order valence-electron chi connectivity index (χ1n) is 31.6. The number of aromatic nitrogens is 2. The molecule has 0 bridgehead atoms. The SMILES string of the molecule is c1ccc(-c2cccc(-n3c4ccccc4c4ccc(N(c5cccc6c5CCCC6)c5ccc6ccc7c(N(c8ccc9c%10ccccc%10n(-c%10cccc(-c%11ccccc%11)c%10)c9c8)c8cccc9c8CCCC9)ccc8ccc5c6c87)cc43)c2)cc1. The Kier molecular flexibility index (Phi) is 11.8. The van der Waals surface area contributed by atoms with E-state index in [1.165, 1.54) is 169 Å². The number of rotatable bonds is 10. The highest BCUT2D eigenvalue weighted by Gasteiger charge is 2.28. The van der Waals surface area contributed by atoms with Gasteiger partial charge < -0.3 is 18.9 Å². The lowest BCUT2D eigenvalue weighted by molar-refractivity contribution is 0.686. The van der Waals surface area contributed by atoms with E-state index in [9.17, 15) is 0 Å². The third-order valence-corrected chi connectivity index (χ3v) is 19.6. The average Bonchev–Trinajstić information content (AvgIpc) is 1.35. The molecule has 418 valence electrons. The van der Waals surface area contributed by atoms with Crippen LogP contribution in [-0.2, 0) is 25.7 Å². The zero-order chi connectivity index (χ0) is 57.8. The Bertz CT molecular complexity index is 5080. The zero-order valence-corrected chi connectivity index (χ0v) is 49.0. The summed E-state index contributed by atoms with van der Waals surface area (Å²) in [5.74, 6) is 0. The third-order valence-electron chi connectivity index (χ3n) is 19.6. The molecule has 0 atom stereocenters. The van der Waals surface area contributed by atoms with Gasteiger partial charge in [0.25, 0.3) is 0 Å². The summed E-state index contributed by atoms with van der Waals surface area (Å²) in [7, 11) is 0. The molecule has 0 fully saturated rings. The lowest BCUT2D eigenvalue weighted by atomic mass is 9.88. The van der Waals surface area contributed by atoms with E-state index < -0.39 is 0 Å². The van der Waals surface area contributed by atoms with E-state index in [1.807, 2.05) is 0 Å². The first-order chi connectivity index (χ1) is 43.7. The van der Waals surface area contributed by atoms with Crippen LogP contribution < -0.4 is 9.80 Å². The fourth-order valence-electron chi connectivity index (χ4n) is 15.6. The molecular formula is C84H62N4. The molecule has 0 amide bonds. The molecular weight excluding hydrogens is 1060 g/mol. The molecule has 2 aliphatic carbocycles. The topological polar surface area (TPSA) is 16.3 Å². The Hall–Kier alpha value is -10.7. The highest BCUT2D eigenvalue weighted by atomic mass is 15.2. The van der Waals surface area contributed by atoms with Crippen molar-refractivity contribution < 1.29 is 0 Å². The molecule has 0 aliphatic heterocycles. The number of benzene rings is 14. The quantitative estimate of drug-likeness (QED) is 0.127. The van der Waals surface area contributed by atoms with Crippen LogP contribution in [0.3, 0.4) is 0 Å². The number of aryl methyl sites for hydroxylation is 2. The van der Waals surface area contributed by atoms with Crippen LogP contribution in [0.15, 0.2) is 279 Å². The molecule has 2 heterocycles. The zero-order valence-electron chi connectivity index (χ0n) is 49.0. The van der Waals surface area contributed by atoms with Crippen molar-refractivity contribution >= 4 is 110 Å². The van der Waals surface area contributed by atoms with Crippen molar-refractivity contribution in [1.29, 1.82) is 0 Å². The number of fused-ring (bicyclic) bond motifs is 8. The monoisotopic (exact) mass is 1130 g/mol. The van der Waals surface area contributed by atoms with E-state index in [1.54, 1.807) is 0 Å². The molecule has 2 aromatic heterocycles. The first kappa shape index (κ1) is 50.6. The predicted octanol–water partition coefficient (Wildman–Crippen LogP) is 22.8. The molecule has 14 aromatic carbocycles. The van der Waals surface area contributed by atoms with Gasteiger partial charge in [0.1, 0.15) is 0 Å². The molecule has 0 saturated carbocycles. The van der Waals surface area contributed by atoms with E-state index in [-0.39, 0.29) is 0 Å². The number of anilines is 6. The summed E-state index contributed by atoms with van der Waals surface area (Å²) < 4.78 is 4.97. The van der Waals surface area contributed by atoms with Crippen LogP contribution in [0.2, 0.25) is 0 Å². The summed E-state index contributed by atoms with van der Waals surface area (Å²) in [4.78, 5) is 5.23. The molecule has 0 unspecified atom stereocenters. The molecule has 2 aliphatic rings. The molecule has 4 nitrogen and oxygen atoms in total. The molecule has 0 N–H and O–H groups in total. The van der Waals surface area contributed by atoms with E-state index in [4.69, 9.17) is 0 Å². The lowest BCUT2D eigenvalue weighted by Crippen LogP contribution is -2.16. The van der Waals surface area contributed by atoms with Gasteiger partial charge in [-0.05, 0) is 202 Å². The van der Waals surface area contributed by atoms with E-state index >= 15 is 0 Å². The Labute approximate surface area is 512 Å². The van der Waals surface area contributed by atoms with Gasteiger partial charge in [-0.1, -0.05) is 194 Å². The summed E-state index contributed by atoms with van der Waals surface area (Å²) >= 11 is 0. The fourth-order valence-corrected chi connectivity index (χ4v) is 15.6. The van der Waals surface area contributed by atoms with Crippen molar-refractivity contribution in [3.63, 3.8) is 0 Å². The van der Waals surface area contributed by atoms with Gasteiger partial charge in [-0.3, -0.25) is 0 Å². The van der Waals surface area contributed by atoms with Crippen LogP contribution in [0.4, 0.5) is 34.1 Å². The molecule has 0 spiro atoms. The van der Waals surface area contributed by atoms with E-state index in [0.29, 0.717) is 0 Å². The van der Waals surface area contributed by atoms with Gasteiger partial charge in [0.05, 0.1) is 33.4 Å². The van der Waals surface area contributed by atoms with Crippen LogP contribution in [0.1, 0.15) is 47.9 Å². The lowest BCUT2D eigenvalue weighted by Gasteiger charge is -2.33. The van der Waals surface area contributed by atoms with Crippen molar-refractivity contribution in [1.82, 2.24) is 9.13 Å². The predicted molar refractivity (Wildman–Crippen MR) is 372 cm³/mol. The standard InChI is InChI=1S/C84H62N4/c1-3-19-55(20-4-1)61-27-15-29-63(51-61)87-77-35-13-11-33-69(77)71-47-43-65(53-81(71)87)85(75-37-17-25-57-23-7-9-31-67(57)75)79-49-41-59-40-46-74-80(50-42-60-39-45-73(79)83(59)84(60)74)86(76-38-18-26-58-24-8-10-32-68(58)76)66-44-48-72-70-34-12-14-36-78(70)88(82(72)54-66)64-30-16-28-62(52-64)56-21-5-2-6-22-56/h1-6,11-22,25-30,33-54H,7-10,23-24,31-32H2. The Morgan fingerprint density at radius 3 is 1.11 bits per heavy atom. The van der Waals surface area contributed by atoms with Gasteiger partial charge in [-0.25, -0.2) is 0 Å². The minimum atomic E-state index is 1.05. The van der Waals surface area contributed by atoms with Gasteiger partial charge in [-0.15, -0.1) is 0 Å². The molecule has 88 heavy (non-hydrogen) atoms. The maximum Gasteiger partial charge on any atom is 0.0561 e. The number of hydrogen-bond acceptors (Lipinski definition) is 2. The van der Waals surface area contributed by atoms with Gasteiger partial charge in [0.2, 0.25) is 0 Å². The first-order valence-corrected chi connectivity index (χ1v) is 31.6. The second kappa shape index (κ2) is 20.5. The van der Waals surface area contributed by atoms with Crippen LogP contribution in [0.25, 0.3) is 110 Å². The van der Waals surface area contributed by atoms with Crippen molar-refractivity contribution in [2.75, 3.05) is 9.80 Å². The Balaban J connectivity index is 0.859. The summed E-state index contributed by atoms with van der Waals surface area (Å²) in [5.41, 5.74) is 24.9. The van der Waals surface area contributed by atoms with Gasteiger partial charge >= 0.3 is 0 Å². The average molecular weight is 1130 g/mol. The molecule has 18 rings (SSSR count). The highest BCUT2D eigenvalue weighted by molar-refractivity contribution is 6.28. The maximum atomic E-state index is 2.62. The van der Waals surface area contributed by atoms with E-state index in [2.05, 4.69) is 298 Å². The number of para-hydroxylation sites is 2. The molecule has 0 saturated heterocycles. The largest absolute Gasteiger partial charge is 0.310 e. The molecule has 4 heteroatoms. The maximum absolute atomic E-state index is 2.62. The van der Waals surface area contributed by atoms with Crippen molar-refractivity contribution in [2.24, 2.45) is 0 Å². The summed E-state index contributed by atoms with van der Waals surface area (Å²) in [6, 6.07) is 105. The van der Waals surface area contributed by atoms with Crippen molar-refractivity contribution in [3.8, 4) is 33.6 Å². The summed E-state index contributed by atoms with van der Waals surface area (Å²) in [6.45, 7) is 0. The summed E-state index contributed by atoms with van der Waals surface area (Å²) in [5, 5.41) is 12.5. The molecule has 16 aromatic rings. The second-order valence-electron chi connectivity index (χ2n) is 24.4. The van der Waals surface area contributed by atoms with Crippen LogP contribution in [0, 0.1) is 0 Å². The fraction of sp³-hybridized carbons (Fsp3) is 0.0952. The van der Waals surface area contributed by atoms with Crippen LogP contribution in [-0.4, -0.2) is 9.13 Å². The number of nitrogens with zero attached hydrogens (tertiary/aromatic N) is 4. The Morgan fingerprint density at radius 2 is 0.636 bits per heavy atom. The van der Waals surface area contributed by atoms with Gasteiger partial charge in [-0.2, -0.15) is 0 Å². The summed E-state index contributed by atoms with van der Waals surface area (Å²) in [6.07, 6.45) is 9.10. The van der Waals surface area contributed by atoms with Crippen molar-refractivity contribution in [2.45, 2.75) is 51.4 Å². The van der Waals surface area contributed by atoms with Crippen molar-refractivity contribution in [3.05, 3.63) is 301 Å². The normalized spacial score (nSPS) is 13.3.